The van der Waals surface area contributed by atoms with Crippen LogP contribution >= 0.6 is 0 Å². The van der Waals surface area contributed by atoms with Gasteiger partial charge in [0.05, 0.1) is 5.54 Å². The lowest BCUT2D eigenvalue weighted by Crippen LogP contribution is -2.39. The number of aryl methyl sites for hydroxylation is 1. The van der Waals surface area contributed by atoms with Crippen LogP contribution in [0.5, 0.6) is 0 Å². The van der Waals surface area contributed by atoms with Crippen LogP contribution in [0.4, 0.5) is 0 Å². The molecular weight excluding hydrogens is 190 g/mol. The van der Waals surface area contributed by atoms with Crippen molar-refractivity contribution in [1.29, 1.82) is 0 Å². The SMILES string of the molecule is CCC(N)(CC)c1nc(C)c(C)c(=O)[nH]1. The van der Waals surface area contributed by atoms with E-state index in [4.69, 9.17) is 5.73 Å². The van der Waals surface area contributed by atoms with E-state index in [1.165, 1.54) is 0 Å². The van der Waals surface area contributed by atoms with Gasteiger partial charge in [-0.05, 0) is 26.7 Å². The van der Waals surface area contributed by atoms with Crippen LogP contribution in [0.3, 0.4) is 0 Å². The summed E-state index contributed by atoms with van der Waals surface area (Å²) in [6.07, 6.45) is 1.52. The van der Waals surface area contributed by atoms with Crippen molar-refractivity contribution < 1.29 is 0 Å². The molecule has 15 heavy (non-hydrogen) atoms. The van der Waals surface area contributed by atoms with Crippen LogP contribution in [0.25, 0.3) is 0 Å². The van der Waals surface area contributed by atoms with E-state index >= 15 is 0 Å². The molecule has 0 radical (unpaired) electrons. The lowest BCUT2D eigenvalue weighted by Gasteiger charge is -2.25. The highest BCUT2D eigenvalue weighted by atomic mass is 16.1. The summed E-state index contributed by atoms with van der Waals surface area (Å²) in [5, 5.41) is 0. The van der Waals surface area contributed by atoms with Crippen molar-refractivity contribution in [2.24, 2.45) is 5.73 Å². The monoisotopic (exact) mass is 209 g/mol. The van der Waals surface area contributed by atoms with Crippen molar-refractivity contribution >= 4 is 0 Å². The number of rotatable bonds is 3. The van der Waals surface area contributed by atoms with Gasteiger partial charge in [-0.3, -0.25) is 4.79 Å². The zero-order valence-corrected chi connectivity index (χ0v) is 9.85. The topological polar surface area (TPSA) is 71.8 Å². The summed E-state index contributed by atoms with van der Waals surface area (Å²) in [6, 6.07) is 0. The highest BCUT2D eigenvalue weighted by Gasteiger charge is 2.26. The second-order valence-corrected chi connectivity index (χ2v) is 3.99. The minimum absolute atomic E-state index is 0.0887. The van der Waals surface area contributed by atoms with Crippen LogP contribution in [0.15, 0.2) is 4.79 Å². The number of aromatic amines is 1. The number of nitrogens with two attached hydrogens (primary N) is 1. The molecule has 0 saturated carbocycles. The maximum absolute atomic E-state index is 11.6. The van der Waals surface area contributed by atoms with E-state index in [0.29, 0.717) is 11.4 Å². The zero-order valence-electron chi connectivity index (χ0n) is 9.85. The molecule has 1 heterocycles. The molecule has 0 aliphatic carbocycles. The molecule has 4 nitrogen and oxygen atoms in total. The lowest BCUT2D eigenvalue weighted by molar-refractivity contribution is 0.385. The molecule has 3 N–H and O–H groups in total. The normalized spacial score (nSPS) is 11.8. The van der Waals surface area contributed by atoms with Gasteiger partial charge in [-0.1, -0.05) is 13.8 Å². The van der Waals surface area contributed by atoms with E-state index < -0.39 is 5.54 Å². The minimum atomic E-state index is -0.516. The second-order valence-electron chi connectivity index (χ2n) is 3.99. The van der Waals surface area contributed by atoms with Crippen LogP contribution in [-0.2, 0) is 5.54 Å². The predicted molar refractivity (Wildman–Crippen MR) is 60.8 cm³/mol. The van der Waals surface area contributed by atoms with Crippen molar-refractivity contribution in [3.8, 4) is 0 Å². The van der Waals surface area contributed by atoms with E-state index in [-0.39, 0.29) is 5.56 Å². The van der Waals surface area contributed by atoms with Gasteiger partial charge in [-0.2, -0.15) is 0 Å². The number of hydrogen-bond donors (Lipinski definition) is 2. The van der Waals surface area contributed by atoms with Gasteiger partial charge in [0.15, 0.2) is 0 Å². The molecule has 0 aliphatic heterocycles. The number of hydrogen-bond acceptors (Lipinski definition) is 3. The third-order valence-corrected chi connectivity index (χ3v) is 3.13. The van der Waals surface area contributed by atoms with Crippen LogP contribution in [0.1, 0.15) is 43.8 Å². The average molecular weight is 209 g/mol. The molecule has 1 aromatic rings. The Balaban J connectivity index is 3.33. The van der Waals surface area contributed by atoms with Crippen molar-refractivity contribution in [1.82, 2.24) is 9.97 Å². The molecule has 0 atom stereocenters. The zero-order chi connectivity index (χ0) is 11.6. The fraction of sp³-hybridized carbons (Fsp3) is 0.636. The third-order valence-electron chi connectivity index (χ3n) is 3.13. The smallest absolute Gasteiger partial charge is 0.254 e. The predicted octanol–water partition coefficient (Wildman–Crippen LogP) is 1.36. The van der Waals surface area contributed by atoms with Crippen LogP contribution in [0.2, 0.25) is 0 Å². The first-order valence-electron chi connectivity index (χ1n) is 5.31. The Kier molecular flexibility index (Phi) is 3.29. The molecule has 1 aromatic heterocycles. The highest BCUT2D eigenvalue weighted by molar-refractivity contribution is 5.17. The molecule has 0 spiro atoms. The molecule has 0 bridgehead atoms. The molecule has 0 aromatic carbocycles. The number of H-pyrrole nitrogens is 1. The quantitative estimate of drug-likeness (QED) is 0.789. The van der Waals surface area contributed by atoms with Gasteiger partial charge < -0.3 is 10.7 Å². The average Bonchev–Trinajstić information content (AvgIpc) is 2.24. The Hall–Kier alpha value is -1.16. The summed E-state index contributed by atoms with van der Waals surface area (Å²) in [6.45, 7) is 7.60. The number of nitrogens with zero attached hydrogens (tertiary/aromatic N) is 1. The molecule has 0 unspecified atom stereocenters. The van der Waals surface area contributed by atoms with Crippen LogP contribution < -0.4 is 11.3 Å². The third kappa shape index (κ3) is 2.09. The molecule has 1 rings (SSSR count). The minimum Gasteiger partial charge on any atom is -0.319 e. The van der Waals surface area contributed by atoms with Gasteiger partial charge in [0.25, 0.3) is 5.56 Å². The molecular formula is C11H19N3O. The van der Waals surface area contributed by atoms with Gasteiger partial charge >= 0.3 is 0 Å². The Morgan fingerprint density at radius 1 is 1.33 bits per heavy atom. The van der Waals surface area contributed by atoms with Crippen molar-refractivity contribution in [3.63, 3.8) is 0 Å². The summed E-state index contributed by atoms with van der Waals surface area (Å²) in [5.74, 6) is 0.598. The largest absolute Gasteiger partial charge is 0.319 e. The maximum Gasteiger partial charge on any atom is 0.254 e. The molecule has 0 fully saturated rings. The standard InChI is InChI=1S/C11H19N3O/c1-5-11(12,6-2)10-13-8(4)7(3)9(15)14-10/h5-6,12H2,1-4H3,(H,13,14,15). The fourth-order valence-corrected chi connectivity index (χ4v) is 1.47. The van der Waals surface area contributed by atoms with E-state index in [0.717, 1.165) is 18.5 Å². The Morgan fingerprint density at radius 2 is 1.87 bits per heavy atom. The second kappa shape index (κ2) is 4.14. The van der Waals surface area contributed by atoms with E-state index in [1.54, 1.807) is 6.92 Å². The van der Waals surface area contributed by atoms with Crippen molar-refractivity contribution in [3.05, 3.63) is 27.4 Å². The molecule has 84 valence electrons. The summed E-state index contributed by atoms with van der Waals surface area (Å²) in [4.78, 5) is 18.7. The lowest BCUT2D eigenvalue weighted by atomic mass is 9.93. The Labute approximate surface area is 89.9 Å². The molecule has 4 heteroatoms. The van der Waals surface area contributed by atoms with Crippen LogP contribution in [-0.4, -0.2) is 9.97 Å². The first kappa shape index (κ1) is 11.9. The van der Waals surface area contributed by atoms with Crippen molar-refractivity contribution in [2.75, 3.05) is 0 Å². The summed E-state index contributed by atoms with van der Waals surface area (Å²) < 4.78 is 0. The Morgan fingerprint density at radius 3 is 2.27 bits per heavy atom. The summed E-state index contributed by atoms with van der Waals surface area (Å²) in [7, 11) is 0. The molecule has 0 amide bonds. The number of aromatic nitrogens is 2. The van der Waals surface area contributed by atoms with E-state index in [1.807, 2.05) is 20.8 Å². The van der Waals surface area contributed by atoms with Gasteiger partial charge in [-0.25, -0.2) is 4.98 Å². The summed E-state index contributed by atoms with van der Waals surface area (Å²) >= 11 is 0. The summed E-state index contributed by atoms with van der Waals surface area (Å²) in [5.41, 5.74) is 6.98. The van der Waals surface area contributed by atoms with Crippen LogP contribution in [0, 0.1) is 13.8 Å². The Bertz CT molecular complexity index is 405. The van der Waals surface area contributed by atoms with Gasteiger partial charge in [0.2, 0.25) is 0 Å². The van der Waals surface area contributed by atoms with Gasteiger partial charge in [0.1, 0.15) is 5.82 Å². The first-order valence-corrected chi connectivity index (χ1v) is 5.31. The number of nitrogens with one attached hydrogen (secondary N) is 1. The molecule has 0 saturated heterocycles. The van der Waals surface area contributed by atoms with Gasteiger partial charge in [0, 0.05) is 11.3 Å². The van der Waals surface area contributed by atoms with Crippen molar-refractivity contribution in [2.45, 2.75) is 46.1 Å². The highest BCUT2D eigenvalue weighted by Crippen LogP contribution is 2.21. The fourth-order valence-electron chi connectivity index (χ4n) is 1.47. The molecule has 0 aliphatic rings. The van der Waals surface area contributed by atoms with E-state index in [2.05, 4.69) is 9.97 Å². The van der Waals surface area contributed by atoms with E-state index in [9.17, 15) is 4.79 Å². The van der Waals surface area contributed by atoms with Gasteiger partial charge in [-0.15, -0.1) is 0 Å². The maximum atomic E-state index is 11.6. The first-order chi connectivity index (χ1) is 6.94.